The molecule has 1 aromatic carbocycles. The second-order valence-corrected chi connectivity index (χ2v) is 4.82. The number of hydrogen-bond donors (Lipinski definition) is 0. The molecule has 2 aromatic rings. The number of carbonyl (C=O) groups excluding carboxylic acids is 1. The summed E-state index contributed by atoms with van der Waals surface area (Å²) in [6, 6.07) is 6.06. The molecule has 0 radical (unpaired) electrons. The summed E-state index contributed by atoms with van der Waals surface area (Å²) < 4.78 is 5.31. The molecule has 0 aliphatic heterocycles. The van der Waals surface area contributed by atoms with Gasteiger partial charge in [0.1, 0.15) is 17.0 Å². The van der Waals surface area contributed by atoms with E-state index in [1.807, 2.05) is 17.5 Å². The topological polar surface area (TPSA) is 39.2 Å². The molecule has 0 fully saturated rings. The van der Waals surface area contributed by atoms with Crippen molar-refractivity contribution in [3.05, 3.63) is 34.2 Å². The van der Waals surface area contributed by atoms with Crippen LogP contribution in [-0.4, -0.2) is 18.4 Å². The average Bonchev–Trinajstić information content (AvgIpc) is 2.87. The minimum absolute atomic E-state index is 0.390. The highest BCUT2D eigenvalue weighted by molar-refractivity contribution is 7.10. The van der Waals surface area contributed by atoms with E-state index in [0.717, 1.165) is 34.7 Å². The quantitative estimate of drug-likeness (QED) is 0.776. The van der Waals surface area contributed by atoms with Gasteiger partial charge in [-0.2, -0.15) is 0 Å². The lowest BCUT2D eigenvalue weighted by Crippen LogP contribution is -1.91. The number of aldehydes is 1. The van der Waals surface area contributed by atoms with E-state index in [1.54, 1.807) is 7.11 Å². The summed E-state index contributed by atoms with van der Waals surface area (Å²) in [6.07, 6.45) is 2.19. The first-order valence-corrected chi connectivity index (χ1v) is 6.71. The fourth-order valence-electron chi connectivity index (χ4n) is 1.82. The molecule has 0 amide bonds. The number of benzene rings is 1. The fraction of sp³-hybridized carbons (Fsp3) is 0.286. The van der Waals surface area contributed by atoms with Crippen LogP contribution < -0.4 is 4.74 Å². The molecule has 18 heavy (non-hydrogen) atoms. The standard InChI is InChI=1S/C14H15NO2S/c1-3-10-8-11(4-5-13(10)17-2)12-9-18-14(15-12)6-7-16/h4-5,7-9H,3,6H2,1-2H3. The Morgan fingerprint density at radius 3 is 2.94 bits per heavy atom. The van der Waals surface area contributed by atoms with Crippen LogP contribution in [0.3, 0.4) is 0 Å². The highest BCUT2D eigenvalue weighted by atomic mass is 32.1. The van der Waals surface area contributed by atoms with Crippen molar-refractivity contribution in [3.63, 3.8) is 0 Å². The van der Waals surface area contributed by atoms with Crippen molar-refractivity contribution in [1.29, 1.82) is 0 Å². The maximum atomic E-state index is 10.5. The van der Waals surface area contributed by atoms with E-state index in [0.29, 0.717) is 6.42 Å². The molecule has 0 atom stereocenters. The maximum Gasteiger partial charge on any atom is 0.126 e. The molecule has 0 aliphatic rings. The summed E-state index contributed by atoms with van der Waals surface area (Å²) in [5.41, 5.74) is 3.16. The van der Waals surface area contributed by atoms with Gasteiger partial charge < -0.3 is 9.53 Å². The van der Waals surface area contributed by atoms with Gasteiger partial charge in [-0.3, -0.25) is 0 Å². The lowest BCUT2D eigenvalue weighted by atomic mass is 10.1. The Hall–Kier alpha value is -1.68. The van der Waals surface area contributed by atoms with Gasteiger partial charge in [-0.15, -0.1) is 11.3 Å². The van der Waals surface area contributed by atoms with Gasteiger partial charge in [0.2, 0.25) is 0 Å². The van der Waals surface area contributed by atoms with Crippen molar-refractivity contribution in [2.24, 2.45) is 0 Å². The Morgan fingerprint density at radius 2 is 2.28 bits per heavy atom. The predicted octanol–water partition coefficient (Wildman–Crippen LogP) is 3.12. The number of rotatable bonds is 5. The van der Waals surface area contributed by atoms with Gasteiger partial charge in [0, 0.05) is 10.9 Å². The molecule has 4 heteroatoms. The fourth-order valence-corrected chi connectivity index (χ4v) is 2.57. The number of aryl methyl sites for hydroxylation is 1. The van der Waals surface area contributed by atoms with Crippen LogP contribution >= 0.6 is 11.3 Å². The van der Waals surface area contributed by atoms with Crippen LogP contribution in [0.4, 0.5) is 0 Å². The SMILES string of the molecule is CCc1cc(-c2csc(CC=O)n2)ccc1OC. The van der Waals surface area contributed by atoms with Crippen molar-refractivity contribution in [2.45, 2.75) is 19.8 Å². The van der Waals surface area contributed by atoms with Gasteiger partial charge in [-0.1, -0.05) is 6.92 Å². The lowest BCUT2D eigenvalue weighted by Gasteiger charge is -2.07. The molecule has 0 bridgehead atoms. The van der Waals surface area contributed by atoms with E-state index in [9.17, 15) is 4.79 Å². The second-order valence-electron chi connectivity index (χ2n) is 3.88. The normalized spacial score (nSPS) is 10.3. The maximum absolute atomic E-state index is 10.5. The highest BCUT2D eigenvalue weighted by Gasteiger charge is 2.07. The molecule has 2 rings (SSSR count). The number of thiazole rings is 1. The first-order valence-electron chi connectivity index (χ1n) is 5.83. The van der Waals surface area contributed by atoms with Crippen molar-refractivity contribution in [3.8, 4) is 17.0 Å². The monoisotopic (exact) mass is 261 g/mol. The molecule has 0 N–H and O–H groups in total. The van der Waals surface area contributed by atoms with Crippen LogP contribution in [0, 0.1) is 0 Å². The zero-order valence-corrected chi connectivity index (χ0v) is 11.3. The number of nitrogens with zero attached hydrogens (tertiary/aromatic N) is 1. The Kier molecular flexibility index (Phi) is 4.10. The van der Waals surface area contributed by atoms with E-state index >= 15 is 0 Å². The molecule has 0 spiro atoms. The Bertz CT molecular complexity index is 548. The molecule has 1 heterocycles. The Labute approximate surface area is 110 Å². The zero-order valence-electron chi connectivity index (χ0n) is 10.5. The second kappa shape index (κ2) is 5.78. The van der Waals surface area contributed by atoms with E-state index in [-0.39, 0.29) is 0 Å². The third-order valence-corrected chi connectivity index (χ3v) is 3.64. The van der Waals surface area contributed by atoms with Crippen LogP contribution in [0.5, 0.6) is 5.75 Å². The molecule has 94 valence electrons. The van der Waals surface area contributed by atoms with Gasteiger partial charge in [0.25, 0.3) is 0 Å². The summed E-state index contributed by atoms with van der Waals surface area (Å²) in [5.74, 6) is 0.907. The van der Waals surface area contributed by atoms with Crippen molar-refractivity contribution in [2.75, 3.05) is 7.11 Å². The van der Waals surface area contributed by atoms with Gasteiger partial charge in [-0.05, 0) is 30.2 Å². The number of methoxy groups -OCH3 is 1. The smallest absolute Gasteiger partial charge is 0.126 e. The van der Waals surface area contributed by atoms with Gasteiger partial charge in [0.15, 0.2) is 0 Å². The van der Waals surface area contributed by atoms with E-state index in [1.165, 1.54) is 16.9 Å². The molecular weight excluding hydrogens is 246 g/mol. The van der Waals surface area contributed by atoms with E-state index < -0.39 is 0 Å². The highest BCUT2D eigenvalue weighted by Crippen LogP contribution is 2.27. The summed E-state index contributed by atoms with van der Waals surface area (Å²) >= 11 is 1.52. The van der Waals surface area contributed by atoms with Crippen molar-refractivity contribution < 1.29 is 9.53 Å². The predicted molar refractivity (Wildman–Crippen MR) is 73.2 cm³/mol. The van der Waals surface area contributed by atoms with Crippen molar-refractivity contribution >= 4 is 17.6 Å². The Balaban J connectivity index is 2.34. The van der Waals surface area contributed by atoms with Gasteiger partial charge in [0.05, 0.1) is 19.2 Å². The first kappa shape index (κ1) is 12.8. The van der Waals surface area contributed by atoms with Gasteiger partial charge in [-0.25, -0.2) is 4.98 Å². The number of aromatic nitrogens is 1. The summed E-state index contributed by atoms with van der Waals surface area (Å²) in [4.78, 5) is 14.9. The largest absolute Gasteiger partial charge is 0.496 e. The molecule has 0 saturated heterocycles. The molecule has 0 aliphatic carbocycles. The molecule has 3 nitrogen and oxygen atoms in total. The molecule has 0 saturated carbocycles. The van der Waals surface area contributed by atoms with Crippen LogP contribution in [0.2, 0.25) is 0 Å². The number of hydrogen-bond acceptors (Lipinski definition) is 4. The first-order chi connectivity index (χ1) is 8.78. The minimum atomic E-state index is 0.390. The average molecular weight is 261 g/mol. The summed E-state index contributed by atoms with van der Waals surface area (Å²) in [7, 11) is 1.68. The zero-order chi connectivity index (χ0) is 13.0. The van der Waals surface area contributed by atoms with E-state index in [4.69, 9.17) is 4.74 Å². The summed E-state index contributed by atoms with van der Waals surface area (Å²) in [6.45, 7) is 2.10. The third-order valence-electron chi connectivity index (χ3n) is 2.77. The van der Waals surface area contributed by atoms with Gasteiger partial charge >= 0.3 is 0 Å². The van der Waals surface area contributed by atoms with Crippen molar-refractivity contribution in [1.82, 2.24) is 4.98 Å². The summed E-state index contributed by atoms with van der Waals surface area (Å²) in [5, 5.41) is 2.84. The minimum Gasteiger partial charge on any atom is -0.496 e. The molecule has 0 unspecified atom stereocenters. The van der Waals surface area contributed by atoms with Crippen LogP contribution in [-0.2, 0) is 17.6 Å². The van der Waals surface area contributed by atoms with Crippen LogP contribution in [0.1, 0.15) is 17.5 Å². The molecule has 1 aromatic heterocycles. The number of ether oxygens (including phenoxy) is 1. The Morgan fingerprint density at radius 1 is 1.44 bits per heavy atom. The van der Waals surface area contributed by atoms with E-state index in [2.05, 4.69) is 18.0 Å². The number of carbonyl (C=O) groups is 1. The third kappa shape index (κ3) is 2.59. The lowest BCUT2D eigenvalue weighted by molar-refractivity contribution is -0.107. The van der Waals surface area contributed by atoms with Crippen LogP contribution in [0.15, 0.2) is 23.6 Å². The molecular formula is C14H15NO2S. The van der Waals surface area contributed by atoms with Crippen LogP contribution in [0.25, 0.3) is 11.3 Å².